The fraction of sp³-hybridized carbons (Fsp3) is 0.158. The topological polar surface area (TPSA) is 90.2 Å². The molecule has 2 heterocycles. The molecule has 126 valence electrons. The number of para-hydroxylation sites is 2. The summed E-state index contributed by atoms with van der Waals surface area (Å²) in [5.74, 6) is 0.0517. The number of nitrogens with one attached hydrogen (secondary N) is 1. The Morgan fingerprint density at radius 2 is 1.88 bits per heavy atom. The zero-order valence-corrected chi connectivity index (χ0v) is 13.4. The van der Waals surface area contributed by atoms with Crippen LogP contribution in [0.4, 0.5) is 5.69 Å². The number of rotatable bonds is 5. The third kappa shape index (κ3) is 2.66. The Morgan fingerprint density at radius 1 is 1.08 bits per heavy atom. The second-order valence-corrected chi connectivity index (χ2v) is 5.72. The van der Waals surface area contributed by atoms with Gasteiger partial charge < -0.3 is 20.0 Å². The minimum atomic E-state index is 0.0472. The van der Waals surface area contributed by atoms with Crippen molar-refractivity contribution in [2.45, 2.75) is 6.42 Å². The lowest BCUT2D eigenvalue weighted by Crippen LogP contribution is -2.13. The Balaban J connectivity index is 1.83. The average molecular weight is 335 g/mol. The summed E-state index contributed by atoms with van der Waals surface area (Å²) in [5.41, 5.74) is 4.22. The van der Waals surface area contributed by atoms with Gasteiger partial charge in [0.05, 0.1) is 11.3 Å². The van der Waals surface area contributed by atoms with Gasteiger partial charge in [0.15, 0.2) is 5.88 Å². The average Bonchev–Trinajstić information content (AvgIpc) is 3.15. The van der Waals surface area contributed by atoms with Crippen molar-refractivity contribution >= 4 is 28.0 Å². The molecular formula is C19H17N3O3. The molecule has 0 saturated heterocycles. The molecule has 0 spiro atoms. The molecule has 0 aliphatic carbocycles. The lowest BCUT2D eigenvalue weighted by Gasteiger charge is -2.05. The van der Waals surface area contributed by atoms with Crippen molar-refractivity contribution in [1.82, 2.24) is 4.98 Å². The maximum Gasteiger partial charge on any atom is 0.199 e. The maximum absolute atomic E-state index is 10.4. The van der Waals surface area contributed by atoms with Gasteiger partial charge in [-0.15, -0.1) is 0 Å². The summed E-state index contributed by atoms with van der Waals surface area (Å²) in [6.07, 6.45) is 0.503. The molecule has 6 nitrogen and oxygen atoms in total. The molecule has 1 aliphatic rings. The number of hydrogen-bond acceptors (Lipinski definition) is 5. The lowest BCUT2D eigenvalue weighted by atomic mass is 10.0. The van der Waals surface area contributed by atoms with Gasteiger partial charge in [-0.1, -0.05) is 41.6 Å². The fourth-order valence-electron chi connectivity index (χ4n) is 2.95. The van der Waals surface area contributed by atoms with Gasteiger partial charge in [0, 0.05) is 29.5 Å². The van der Waals surface area contributed by atoms with Crippen molar-refractivity contribution in [2.24, 2.45) is 10.1 Å². The van der Waals surface area contributed by atoms with E-state index in [1.807, 2.05) is 48.5 Å². The minimum Gasteiger partial charge on any atom is -0.494 e. The van der Waals surface area contributed by atoms with E-state index in [1.165, 1.54) is 0 Å². The predicted molar refractivity (Wildman–Crippen MR) is 96.8 cm³/mol. The Labute approximate surface area is 144 Å². The third-order valence-electron chi connectivity index (χ3n) is 4.09. The van der Waals surface area contributed by atoms with E-state index in [4.69, 9.17) is 9.94 Å². The van der Waals surface area contributed by atoms with Crippen molar-refractivity contribution in [1.29, 1.82) is 0 Å². The van der Waals surface area contributed by atoms with Crippen LogP contribution in [0.25, 0.3) is 10.9 Å². The largest absolute Gasteiger partial charge is 0.494 e. The van der Waals surface area contributed by atoms with Gasteiger partial charge in [-0.3, -0.25) is 0 Å². The summed E-state index contributed by atoms with van der Waals surface area (Å²) < 4.78 is 0. The highest BCUT2D eigenvalue weighted by atomic mass is 16.6. The normalized spacial score (nSPS) is 14.8. The van der Waals surface area contributed by atoms with E-state index < -0.39 is 0 Å². The number of benzene rings is 2. The highest BCUT2D eigenvalue weighted by Crippen LogP contribution is 2.35. The van der Waals surface area contributed by atoms with Crippen LogP contribution in [0.15, 0.2) is 58.7 Å². The molecule has 0 atom stereocenters. The van der Waals surface area contributed by atoms with Gasteiger partial charge in [-0.25, -0.2) is 4.99 Å². The zero-order valence-electron chi connectivity index (χ0n) is 13.4. The van der Waals surface area contributed by atoms with Crippen LogP contribution in [0.2, 0.25) is 0 Å². The monoisotopic (exact) mass is 335 g/mol. The summed E-state index contributed by atoms with van der Waals surface area (Å²) >= 11 is 0. The van der Waals surface area contributed by atoms with Crippen LogP contribution in [0.1, 0.15) is 17.5 Å². The number of nitrogens with zero attached hydrogens (tertiary/aromatic N) is 2. The van der Waals surface area contributed by atoms with Gasteiger partial charge in [0.1, 0.15) is 18.0 Å². The van der Waals surface area contributed by atoms with Gasteiger partial charge in [-0.2, -0.15) is 0 Å². The number of aromatic amines is 1. The van der Waals surface area contributed by atoms with E-state index in [2.05, 4.69) is 15.1 Å². The number of aliphatic hydroxyl groups excluding tert-OH is 1. The number of aliphatic imine (C=N–C) groups is 1. The number of H-pyrrole nitrogens is 1. The molecule has 6 heteroatoms. The Hall–Kier alpha value is -3.12. The van der Waals surface area contributed by atoms with Crippen molar-refractivity contribution in [3.8, 4) is 5.88 Å². The molecule has 0 unspecified atom stereocenters. The molecule has 1 aliphatic heterocycles. The quantitative estimate of drug-likeness (QED) is 0.494. The fourth-order valence-corrected chi connectivity index (χ4v) is 2.95. The van der Waals surface area contributed by atoms with Gasteiger partial charge in [0.2, 0.25) is 0 Å². The summed E-state index contributed by atoms with van der Waals surface area (Å²) in [5, 5.41) is 24.4. The SMILES string of the molecule is OCCCON=C1C(c2c(O)[nH]c3ccccc23)=Nc2ccccc21. The van der Waals surface area contributed by atoms with Crippen molar-refractivity contribution < 1.29 is 15.1 Å². The van der Waals surface area contributed by atoms with Crippen LogP contribution in [0, 0.1) is 0 Å². The zero-order chi connectivity index (χ0) is 17.2. The molecular weight excluding hydrogens is 318 g/mol. The van der Waals surface area contributed by atoms with E-state index >= 15 is 0 Å². The Bertz CT molecular complexity index is 988. The van der Waals surface area contributed by atoms with E-state index in [0.717, 1.165) is 22.2 Å². The summed E-state index contributed by atoms with van der Waals surface area (Å²) in [4.78, 5) is 13.0. The summed E-state index contributed by atoms with van der Waals surface area (Å²) in [7, 11) is 0. The van der Waals surface area contributed by atoms with Crippen molar-refractivity contribution in [2.75, 3.05) is 13.2 Å². The molecule has 4 rings (SSSR count). The number of aliphatic hydroxyl groups is 1. The highest BCUT2D eigenvalue weighted by molar-refractivity contribution is 6.58. The number of fused-ring (bicyclic) bond motifs is 2. The number of aromatic nitrogens is 1. The second-order valence-electron chi connectivity index (χ2n) is 5.72. The molecule has 0 fully saturated rings. The molecule has 1 aromatic heterocycles. The van der Waals surface area contributed by atoms with Crippen LogP contribution in [0.5, 0.6) is 5.88 Å². The second kappa shape index (κ2) is 6.41. The summed E-state index contributed by atoms with van der Waals surface area (Å²) in [6.45, 7) is 0.362. The van der Waals surface area contributed by atoms with Crippen LogP contribution in [0.3, 0.4) is 0 Å². The predicted octanol–water partition coefficient (Wildman–Crippen LogP) is 3.11. The lowest BCUT2D eigenvalue weighted by molar-refractivity contribution is 0.124. The van der Waals surface area contributed by atoms with Crippen LogP contribution in [-0.4, -0.2) is 39.8 Å². The first-order chi connectivity index (χ1) is 12.3. The summed E-state index contributed by atoms with van der Waals surface area (Å²) in [6, 6.07) is 15.3. The Morgan fingerprint density at radius 3 is 2.76 bits per heavy atom. The molecule has 0 radical (unpaired) electrons. The molecule has 0 saturated carbocycles. The van der Waals surface area contributed by atoms with Crippen molar-refractivity contribution in [3.05, 3.63) is 59.7 Å². The van der Waals surface area contributed by atoms with Gasteiger partial charge in [-0.05, 0) is 12.1 Å². The van der Waals surface area contributed by atoms with E-state index in [9.17, 15) is 5.11 Å². The van der Waals surface area contributed by atoms with Crippen LogP contribution < -0.4 is 0 Å². The minimum absolute atomic E-state index is 0.0472. The van der Waals surface area contributed by atoms with Crippen molar-refractivity contribution in [3.63, 3.8) is 0 Å². The number of aromatic hydroxyl groups is 1. The van der Waals surface area contributed by atoms with E-state index in [0.29, 0.717) is 30.0 Å². The van der Waals surface area contributed by atoms with Crippen LogP contribution in [-0.2, 0) is 4.84 Å². The Kier molecular flexibility index (Phi) is 3.95. The third-order valence-corrected chi connectivity index (χ3v) is 4.09. The first-order valence-electron chi connectivity index (χ1n) is 8.09. The number of hydrogen-bond donors (Lipinski definition) is 3. The van der Waals surface area contributed by atoms with E-state index in [-0.39, 0.29) is 12.5 Å². The number of oxime groups is 1. The first-order valence-corrected chi connectivity index (χ1v) is 8.09. The highest BCUT2D eigenvalue weighted by Gasteiger charge is 2.28. The molecule has 0 amide bonds. The molecule has 2 aromatic carbocycles. The first kappa shape index (κ1) is 15.4. The van der Waals surface area contributed by atoms with E-state index in [1.54, 1.807) is 0 Å². The standard InChI is InChI=1S/C19H17N3O3/c23-10-5-11-25-22-17-13-7-2-4-9-15(13)20-18(17)16-12-6-1-3-8-14(12)21-19(16)24/h1-4,6-9,21,23-24H,5,10-11H2. The van der Waals surface area contributed by atoms with Gasteiger partial charge >= 0.3 is 0 Å². The van der Waals surface area contributed by atoms with Crippen LogP contribution >= 0.6 is 0 Å². The molecule has 3 N–H and O–H groups in total. The molecule has 0 bridgehead atoms. The van der Waals surface area contributed by atoms with Gasteiger partial charge in [0.25, 0.3) is 0 Å². The molecule has 3 aromatic rings. The molecule has 25 heavy (non-hydrogen) atoms. The maximum atomic E-state index is 10.4. The smallest absolute Gasteiger partial charge is 0.199 e.